The van der Waals surface area contributed by atoms with Crippen LogP contribution in [0.25, 0.3) is 0 Å². The van der Waals surface area contributed by atoms with Crippen LogP contribution in [0.5, 0.6) is 0 Å². The number of hydrogen-bond acceptors (Lipinski definition) is 4. The highest BCUT2D eigenvalue weighted by Gasteiger charge is 2.42. The summed E-state index contributed by atoms with van der Waals surface area (Å²) in [4.78, 5) is 0. The van der Waals surface area contributed by atoms with Crippen LogP contribution in [0.4, 0.5) is 4.39 Å². The van der Waals surface area contributed by atoms with Crippen molar-refractivity contribution in [2.75, 3.05) is 0 Å². The third-order valence-corrected chi connectivity index (χ3v) is 4.21. The first-order chi connectivity index (χ1) is 10.6. The maximum atomic E-state index is 13.7. The Morgan fingerprint density at radius 2 is 2.36 bits per heavy atom. The Bertz CT molecular complexity index is 695. The number of aliphatic hydroxyl groups is 1. The number of nitriles is 1. The molecule has 1 aliphatic carbocycles. The molecule has 1 heterocycles. The smallest absolute Gasteiger partial charge is 0.141 e. The van der Waals surface area contributed by atoms with Crippen molar-refractivity contribution >= 4 is 0 Å². The lowest BCUT2D eigenvalue weighted by molar-refractivity contribution is -0.0110. The van der Waals surface area contributed by atoms with Crippen molar-refractivity contribution < 1.29 is 9.50 Å². The van der Waals surface area contributed by atoms with Crippen LogP contribution in [0.15, 0.2) is 36.7 Å². The first-order valence-electron chi connectivity index (χ1n) is 7.23. The van der Waals surface area contributed by atoms with Gasteiger partial charge in [0.1, 0.15) is 11.9 Å². The summed E-state index contributed by atoms with van der Waals surface area (Å²) in [6, 6.07) is 8.13. The van der Waals surface area contributed by atoms with E-state index < -0.39 is 11.9 Å². The standard InChI is InChI=1S/C16H17FN4O/c1-10(11-3-4-12(9-18)13(17)7-11)20-14-8-15(22)16(14)21-6-2-5-19-21/h2-7,10,14-16,20,22H,8H2,1H3/t10?,14-,15+,16+/m0/s1. The maximum Gasteiger partial charge on any atom is 0.141 e. The highest BCUT2D eigenvalue weighted by molar-refractivity contribution is 5.34. The predicted octanol–water partition coefficient (Wildman–Crippen LogP) is 1.92. The molecular formula is C16H17FN4O. The number of nitrogens with zero attached hydrogens (tertiary/aromatic N) is 3. The van der Waals surface area contributed by atoms with E-state index in [1.165, 1.54) is 12.1 Å². The molecule has 1 fully saturated rings. The van der Waals surface area contributed by atoms with Crippen LogP contribution in [-0.2, 0) is 0 Å². The lowest BCUT2D eigenvalue weighted by Gasteiger charge is -2.43. The zero-order chi connectivity index (χ0) is 15.7. The van der Waals surface area contributed by atoms with E-state index in [0.717, 1.165) is 5.56 Å². The van der Waals surface area contributed by atoms with Crippen LogP contribution in [0.2, 0.25) is 0 Å². The Hall–Kier alpha value is -2.23. The van der Waals surface area contributed by atoms with E-state index in [2.05, 4.69) is 10.4 Å². The molecule has 22 heavy (non-hydrogen) atoms. The minimum atomic E-state index is -0.508. The van der Waals surface area contributed by atoms with Gasteiger partial charge in [-0.3, -0.25) is 4.68 Å². The van der Waals surface area contributed by atoms with Crippen LogP contribution in [0.3, 0.4) is 0 Å². The predicted molar refractivity (Wildman–Crippen MR) is 78.3 cm³/mol. The van der Waals surface area contributed by atoms with Gasteiger partial charge in [0.25, 0.3) is 0 Å². The van der Waals surface area contributed by atoms with Crippen LogP contribution in [0, 0.1) is 17.1 Å². The molecule has 2 aromatic rings. The number of aromatic nitrogens is 2. The molecule has 1 saturated carbocycles. The molecule has 0 saturated heterocycles. The average molecular weight is 300 g/mol. The SMILES string of the molecule is CC(N[C@H]1C[C@@H](O)[C@@H]1n1cccn1)c1ccc(C#N)c(F)c1. The lowest BCUT2D eigenvalue weighted by atomic mass is 9.82. The fraction of sp³-hybridized carbons (Fsp3) is 0.375. The Morgan fingerprint density at radius 1 is 1.55 bits per heavy atom. The van der Waals surface area contributed by atoms with Gasteiger partial charge in [-0.1, -0.05) is 6.07 Å². The Morgan fingerprint density at radius 3 is 2.95 bits per heavy atom. The molecule has 1 aliphatic rings. The monoisotopic (exact) mass is 300 g/mol. The van der Waals surface area contributed by atoms with Gasteiger partial charge < -0.3 is 10.4 Å². The molecule has 0 spiro atoms. The van der Waals surface area contributed by atoms with E-state index in [1.807, 2.05) is 25.3 Å². The van der Waals surface area contributed by atoms with Gasteiger partial charge in [0, 0.05) is 24.5 Å². The zero-order valence-corrected chi connectivity index (χ0v) is 12.1. The molecule has 1 aromatic carbocycles. The molecule has 4 atom stereocenters. The number of hydrogen-bond donors (Lipinski definition) is 2. The third-order valence-electron chi connectivity index (χ3n) is 4.21. The fourth-order valence-corrected chi connectivity index (χ4v) is 2.90. The molecule has 1 aromatic heterocycles. The number of aliphatic hydroxyl groups excluding tert-OH is 1. The van der Waals surface area contributed by atoms with Gasteiger partial charge in [0.05, 0.1) is 17.7 Å². The summed E-state index contributed by atoms with van der Waals surface area (Å²) in [6.07, 6.45) is 3.71. The van der Waals surface area contributed by atoms with Crippen molar-refractivity contribution in [2.45, 2.75) is 37.6 Å². The van der Waals surface area contributed by atoms with Crippen molar-refractivity contribution in [1.29, 1.82) is 5.26 Å². The summed E-state index contributed by atoms with van der Waals surface area (Å²) in [5.41, 5.74) is 0.821. The first-order valence-corrected chi connectivity index (χ1v) is 7.23. The Balaban J connectivity index is 1.71. The second kappa shape index (κ2) is 5.87. The van der Waals surface area contributed by atoms with Crippen molar-refractivity contribution in [1.82, 2.24) is 15.1 Å². The zero-order valence-electron chi connectivity index (χ0n) is 12.1. The second-order valence-corrected chi connectivity index (χ2v) is 5.63. The fourth-order valence-electron chi connectivity index (χ4n) is 2.90. The summed E-state index contributed by atoms with van der Waals surface area (Å²) in [5, 5.41) is 26.3. The molecule has 114 valence electrons. The molecule has 0 aliphatic heterocycles. The summed E-state index contributed by atoms with van der Waals surface area (Å²) < 4.78 is 15.4. The largest absolute Gasteiger partial charge is 0.391 e. The minimum Gasteiger partial charge on any atom is -0.391 e. The molecular weight excluding hydrogens is 283 g/mol. The van der Waals surface area contributed by atoms with E-state index in [0.29, 0.717) is 6.42 Å². The molecule has 0 amide bonds. The van der Waals surface area contributed by atoms with Crippen LogP contribution in [0.1, 0.15) is 36.6 Å². The van der Waals surface area contributed by atoms with Crippen LogP contribution >= 0.6 is 0 Å². The van der Waals surface area contributed by atoms with E-state index in [1.54, 1.807) is 16.9 Å². The van der Waals surface area contributed by atoms with Crippen LogP contribution in [-0.4, -0.2) is 27.0 Å². The van der Waals surface area contributed by atoms with Gasteiger partial charge in [0.2, 0.25) is 0 Å². The summed E-state index contributed by atoms with van der Waals surface area (Å²) in [5.74, 6) is -0.508. The van der Waals surface area contributed by atoms with Gasteiger partial charge in [-0.2, -0.15) is 10.4 Å². The number of rotatable bonds is 4. The Kier molecular flexibility index (Phi) is 3.92. The van der Waals surface area contributed by atoms with Crippen molar-refractivity contribution in [3.8, 4) is 6.07 Å². The maximum absolute atomic E-state index is 13.7. The molecule has 0 radical (unpaired) electrons. The highest BCUT2D eigenvalue weighted by atomic mass is 19.1. The molecule has 3 rings (SSSR count). The number of benzene rings is 1. The summed E-state index contributed by atoms with van der Waals surface area (Å²) >= 11 is 0. The summed E-state index contributed by atoms with van der Waals surface area (Å²) in [7, 11) is 0. The second-order valence-electron chi connectivity index (χ2n) is 5.63. The van der Waals surface area contributed by atoms with E-state index in [4.69, 9.17) is 5.26 Å². The lowest BCUT2D eigenvalue weighted by Crippen LogP contribution is -2.55. The highest BCUT2D eigenvalue weighted by Crippen LogP contribution is 2.34. The van der Waals surface area contributed by atoms with Gasteiger partial charge in [0.15, 0.2) is 0 Å². The van der Waals surface area contributed by atoms with Crippen molar-refractivity contribution in [3.63, 3.8) is 0 Å². The molecule has 1 unspecified atom stereocenters. The van der Waals surface area contributed by atoms with Crippen LogP contribution < -0.4 is 5.32 Å². The van der Waals surface area contributed by atoms with E-state index >= 15 is 0 Å². The number of nitrogens with one attached hydrogen (secondary N) is 1. The van der Waals surface area contributed by atoms with Gasteiger partial charge in [-0.25, -0.2) is 4.39 Å². The van der Waals surface area contributed by atoms with Gasteiger partial charge >= 0.3 is 0 Å². The first kappa shape index (κ1) is 14.7. The topological polar surface area (TPSA) is 73.9 Å². The number of halogens is 1. The minimum absolute atomic E-state index is 0.0458. The quantitative estimate of drug-likeness (QED) is 0.904. The molecule has 6 heteroatoms. The van der Waals surface area contributed by atoms with Gasteiger partial charge in [-0.05, 0) is 37.1 Å². The van der Waals surface area contributed by atoms with Gasteiger partial charge in [-0.15, -0.1) is 0 Å². The summed E-state index contributed by atoms with van der Waals surface area (Å²) in [6.45, 7) is 1.94. The molecule has 2 N–H and O–H groups in total. The molecule has 0 bridgehead atoms. The normalized spacial score (nSPS) is 25.3. The third kappa shape index (κ3) is 2.61. The Labute approximate surface area is 128 Å². The molecule has 5 nitrogen and oxygen atoms in total. The van der Waals surface area contributed by atoms with E-state index in [-0.39, 0.29) is 23.7 Å². The van der Waals surface area contributed by atoms with Crippen molar-refractivity contribution in [2.24, 2.45) is 0 Å². The average Bonchev–Trinajstić information content (AvgIpc) is 2.99. The van der Waals surface area contributed by atoms with E-state index in [9.17, 15) is 9.50 Å². The van der Waals surface area contributed by atoms with Crippen molar-refractivity contribution in [3.05, 3.63) is 53.6 Å².